The Morgan fingerprint density at radius 2 is 1.08 bits per heavy atom. The number of imidazole rings is 2. The van der Waals surface area contributed by atoms with Crippen LogP contribution in [0.3, 0.4) is 0 Å². The van der Waals surface area contributed by atoms with Gasteiger partial charge in [-0.05, 0) is 86.3 Å². The second-order valence-electron chi connectivity index (χ2n) is 17.9. The molecule has 1 aliphatic heterocycles. The van der Waals surface area contributed by atoms with E-state index in [1.54, 1.807) is 0 Å². The summed E-state index contributed by atoms with van der Waals surface area (Å²) in [6.07, 6.45) is 0. The Kier molecular flexibility index (Phi) is 9.20. The first-order chi connectivity index (χ1) is 31.8. The van der Waals surface area contributed by atoms with Crippen LogP contribution < -0.4 is 36.4 Å². The van der Waals surface area contributed by atoms with E-state index in [2.05, 4.69) is 211 Å². The standard InChI is InChI=1S/C52H43N7OS2Si3/c1-63(2,49-53-34-61-56-49)52(64(3,4)50-54-35-62-57-50)40-25-11-16-31-46(40)60-48-41(52)26-18-32-47(48)65(37-20-7-5-8-21-37,38-22-9-6-10-23-38)39-24-17-19-36(33-39)58-44-29-14-15-30-45(44)59-43-28-13-12-27-42(43)55-51(58)59/h5-35H,1-4H3. The zero-order chi connectivity index (χ0) is 44.0. The Labute approximate surface area is 387 Å². The van der Waals surface area contributed by atoms with Gasteiger partial charge >= 0.3 is 0 Å². The van der Waals surface area contributed by atoms with Crippen LogP contribution in [0.15, 0.2) is 187 Å². The summed E-state index contributed by atoms with van der Waals surface area (Å²) in [5.41, 5.74) is 13.3. The molecule has 65 heavy (non-hydrogen) atoms. The predicted octanol–water partition coefficient (Wildman–Crippen LogP) is 8.21. The van der Waals surface area contributed by atoms with E-state index in [0.29, 0.717) is 0 Å². The van der Waals surface area contributed by atoms with Crippen molar-refractivity contribution in [3.8, 4) is 17.2 Å². The third-order valence-electron chi connectivity index (χ3n) is 14.1. The van der Waals surface area contributed by atoms with Gasteiger partial charge in [-0.3, -0.25) is 8.97 Å². The highest BCUT2D eigenvalue weighted by Gasteiger charge is 2.67. The Bertz CT molecular complexity index is 3470. The average Bonchev–Trinajstić information content (AvgIpc) is 4.19. The lowest BCUT2D eigenvalue weighted by Gasteiger charge is -2.55. The van der Waals surface area contributed by atoms with Crippen molar-refractivity contribution in [2.45, 2.75) is 30.8 Å². The number of rotatable bonds is 9. The molecule has 4 aromatic heterocycles. The zero-order valence-corrected chi connectivity index (χ0v) is 40.9. The third kappa shape index (κ3) is 5.53. The second kappa shape index (κ2) is 15.0. The van der Waals surface area contributed by atoms with Crippen molar-refractivity contribution in [2.75, 3.05) is 0 Å². The van der Waals surface area contributed by atoms with Crippen LogP contribution in [0.4, 0.5) is 0 Å². The minimum atomic E-state index is -3.32. The molecule has 0 saturated carbocycles. The molecule has 5 heterocycles. The van der Waals surface area contributed by atoms with Crippen LogP contribution >= 0.6 is 23.1 Å². The lowest BCUT2D eigenvalue weighted by molar-refractivity contribution is 0.453. The smallest absolute Gasteiger partial charge is 0.220 e. The summed E-state index contributed by atoms with van der Waals surface area (Å²) < 4.78 is 21.8. The summed E-state index contributed by atoms with van der Waals surface area (Å²) in [5.74, 6) is 2.66. The normalized spacial score (nSPS) is 13.8. The second-order valence-corrected chi connectivity index (χ2v) is 32.3. The molecule has 316 valence electrons. The highest BCUT2D eigenvalue weighted by atomic mass is 32.1. The highest BCUT2D eigenvalue weighted by molar-refractivity contribution is 7.20. The maximum Gasteiger partial charge on any atom is 0.220 e. The molecule has 8 nitrogen and oxygen atoms in total. The Morgan fingerprint density at radius 3 is 1.74 bits per heavy atom. The molecule has 0 bridgehead atoms. The van der Waals surface area contributed by atoms with Gasteiger partial charge in [0, 0.05) is 21.5 Å². The van der Waals surface area contributed by atoms with Gasteiger partial charge in [-0.2, -0.15) is 8.75 Å². The van der Waals surface area contributed by atoms with Crippen molar-refractivity contribution in [2.24, 2.45) is 0 Å². The van der Waals surface area contributed by atoms with Gasteiger partial charge in [-0.1, -0.05) is 160 Å². The van der Waals surface area contributed by atoms with Gasteiger partial charge in [0.2, 0.25) is 5.78 Å². The van der Waals surface area contributed by atoms with E-state index in [1.807, 2.05) is 11.0 Å². The number of para-hydroxylation sites is 6. The van der Waals surface area contributed by atoms with Crippen LogP contribution in [0.2, 0.25) is 26.2 Å². The average molecular weight is 930 g/mol. The molecule has 1 aliphatic rings. The minimum Gasteiger partial charge on any atom is -0.457 e. The van der Waals surface area contributed by atoms with Crippen molar-refractivity contribution >= 4 is 107 Å². The lowest BCUT2D eigenvalue weighted by atomic mass is 9.98. The molecule has 0 unspecified atom stereocenters. The number of benzene rings is 7. The fraction of sp³-hybridized carbons (Fsp3) is 0.0962. The summed E-state index contributed by atoms with van der Waals surface area (Å²) in [4.78, 5) is 15.4. The van der Waals surface area contributed by atoms with Crippen molar-refractivity contribution in [3.63, 3.8) is 0 Å². The molecule has 0 N–H and O–H groups in total. The summed E-state index contributed by atoms with van der Waals surface area (Å²) in [5, 5.41) is 4.93. The van der Waals surface area contributed by atoms with E-state index in [1.165, 1.54) is 54.9 Å². The summed E-state index contributed by atoms with van der Waals surface area (Å²) >= 11 is 2.86. The summed E-state index contributed by atoms with van der Waals surface area (Å²) in [7, 11) is -8.93. The van der Waals surface area contributed by atoms with E-state index in [-0.39, 0.29) is 0 Å². The largest absolute Gasteiger partial charge is 0.457 e. The van der Waals surface area contributed by atoms with E-state index >= 15 is 0 Å². The number of aromatic nitrogens is 7. The van der Waals surface area contributed by atoms with E-state index < -0.39 is 28.9 Å². The number of ether oxygens (including phenoxy) is 1. The number of hydrogen-bond acceptors (Lipinski definition) is 8. The summed E-state index contributed by atoms with van der Waals surface area (Å²) in [6, 6.07) is 64.3. The molecule has 0 atom stereocenters. The highest BCUT2D eigenvalue weighted by Crippen LogP contribution is 2.56. The van der Waals surface area contributed by atoms with Crippen LogP contribution in [-0.2, 0) is 4.66 Å². The lowest BCUT2D eigenvalue weighted by Crippen LogP contribution is -2.78. The predicted molar refractivity (Wildman–Crippen MR) is 274 cm³/mol. The Balaban J connectivity index is 1.22. The van der Waals surface area contributed by atoms with Gasteiger partial charge < -0.3 is 4.74 Å². The summed E-state index contributed by atoms with van der Waals surface area (Å²) in [6.45, 7) is 9.83. The van der Waals surface area contributed by atoms with Gasteiger partial charge in [0.15, 0.2) is 8.07 Å². The number of fused-ring (bicyclic) bond motifs is 7. The van der Waals surface area contributed by atoms with Crippen LogP contribution in [0.1, 0.15) is 11.1 Å². The topological polar surface area (TPSA) is 83.0 Å². The van der Waals surface area contributed by atoms with Crippen LogP contribution in [0, 0.1) is 0 Å². The van der Waals surface area contributed by atoms with E-state index in [9.17, 15) is 0 Å². The van der Waals surface area contributed by atoms with Gasteiger partial charge in [0.05, 0.1) is 33.1 Å². The zero-order valence-electron chi connectivity index (χ0n) is 36.3. The molecular weight excluding hydrogens is 887 g/mol. The fourth-order valence-corrected chi connectivity index (χ4v) is 31.3. The molecule has 13 heteroatoms. The first-order valence-electron chi connectivity index (χ1n) is 21.8. The Morgan fingerprint density at radius 1 is 0.523 bits per heavy atom. The van der Waals surface area contributed by atoms with Gasteiger partial charge in [-0.15, -0.1) is 0 Å². The van der Waals surface area contributed by atoms with Crippen molar-refractivity contribution in [1.82, 2.24) is 32.7 Å². The molecular formula is C52H43N7OS2Si3. The molecule has 0 radical (unpaired) electrons. The molecule has 0 saturated heterocycles. The molecule has 11 aromatic rings. The van der Waals surface area contributed by atoms with Crippen molar-refractivity contribution in [1.29, 1.82) is 0 Å². The van der Waals surface area contributed by atoms with E-state index in [0.717, 1.165) is 55.9 Å². The van der Waals surface area contributed by atoms with E-state index in [4.69, 9.17) is 28.4 Å². The molecule has 0 spiro atoms. The molecule has 0 aliphatic carbocycles. The van der Waals surface area contributed by atoms with Crippen molar-refractivity contribution < 1.29 is 4.74 Å². The van der Waals surface area contributed by atoms with Crippen molar-refractivity contribution in [3.05, 3.63) is 198 Å². The maximum absolute atomic E-state index is 7.60. The van der Waals surface area contributed by atoms with Crippen LogP contribution in [-0.4, -0.2) is 56.9 Å². The fourth-order valence-electron chi connectivity index (χ4n) is 11.5. The minimum absolute atomic E-state index is 0.559. The molecule has 0 amide bonds. The van der Waals surface area contributed by atoms with Crippen LogP contribution in [0.25, 0.3) is 33.5 Å². The third-order valence-corrected chi connectivity index (χ3v) is 31.5. The van der Waals surface area contributed by atoms with Gasteiger partial charge in [0.1, 0.15) is 38.5 Å². The monoisotopic (exact) mass is 929 g/mol. The molecule has 0 fully saturated rings. The molecule has 7 aromatic carbocycles. The number of nitrogens with zero attached hydrogens (tertiary/aromatic N) is 7. The maximum atomic E-state index is 7.60. The number of hydrogen-bond donors (Lipinski definition) is 0. The first-order valence-corrected chi connectivity index (χ1v) is 31.5. The molecule has 12 rings (SSSR count). The quantitative estimate of drug-likeness (QED) is 0.107. The first kappa shape index (κ1) is 39.9. The van der Waals surface area contributed by atoms with Gasteiger partial charge in [0.25, 0.3) is 0 Å². The Hall–Kier alpha value is -6.62. The SMILES string of the molecule is C[Si](C)(c1ncsn1)C1([Si](C)(C)c2ncsn2)c2ccccc2Oc2c1cccc2[Si](c1ccccc1)(c1ccccc1)c1cccc(-n2c3ccccc3n3c4ccccc4nc23)c1. The van der Waals surface area contributed by atoms with Gasteiger partial charge in [-0.25, -0.2) is 15.0 Å². The van der Waals surface area contributed by atoms with Crippen LogP contribution in [0.5, 0.6) is 11.5 Å².